The molecule has 1 heterocycles. The molecule has 0 radical (unpaired) electrons. The molecule has 0 saturated carbocycles. The molecule has 0 amide bonds. The molecule has 0 saturated heterocycles. The number of rotatable bonds is 3. The van der Waals surface area contributed by atoms with Crippen molar-refractivity contribution in [1.29, 1.82) is 0 Å². The fourth-order valence-corrected chi connectivity index (χ4v) is 2.71. The standard InChI is InChI=1S/C13H15NOS/c1-9-7-8-16-13(9)12(14)10-5-3-4-6-11(10)15-2/h3-8,12H,14H2,1-2H3. The van der Waals surface area contributed by atoms with Crippen LogP contribution in [0.15, 0.2) is 35.7 Å². The summed E-state index contributed by atoms with van der Waals surface area (Å²) in [4.78, 5) is 1.20. The molecule has 84 valence electrons. The molecule has 0 aliphatic heterocycles. The molecule has 2 aromatic rings. The normalized spacial score (nSPS) is 12.4. The topological polar surface area (TPSA) is 35.2 Å². The summed E-state index contributed by atoms with van der Waals surface area (Å²) >= 11 is 1.69. The molecule has 2 N–H and O–H groups in total. The van der Waals surface area contributed by atoms with Gasteiger partial charge < -0.3 is 10.5 Å². The summed E-state index contributed by atoms with van der Waals surface area (Å²) < 4.78 is 5.33. The number of hydrogen-bond donors (Lipinski definition) is 1. The molecule has 0 fully saturated rings. The molecule has 1 atom stereocenters. The number of benzene rings is 1. The largest absolute Gasteiger partial charge is 0.496 e. The smallest absolute Gasteiger partial charge is 0.124 e. The van der Waals surface area contributed by atoms with Gasteiger partial charge in [-0.05, 0) is 30.0 Å². The van der Waals surface area contributed by atoms with Crippen molar-refractivity contribution in [3.05, 3.63) is 51.7 Å². The predicted octanol–water partition coefficient (Wildman–Crippen LogP) is 3.11. The zero-order chi connectivity index (χ0) is 11.5. The molecule has 2 nitrogen and oxygen atoms in total. The molecule has 0 aliphatic carbocycles. The van der Waals surface area contributed by atoms with Gasteiger partial charge in [0.25, 0.3) is 0 Å². The number of nitrogens with two attached hydrogens (primary N) is 1. The second kappa shape index (κ2) is 4.68. The first-order chi connectivity index (χ1) is 7.74. The van der Waals surface area contributed by atoms with E-state index in [0.717, 1.165) is 11.3 Å². The number of methoxy groups -OCH3 is 1. The van der Waals surface area contributed by atoms with E-state index in [4.69, 9.17) is 10.5 Å². The third-order valence-corrected chi connectivity index (χ3v) is 3.76. The van der Waals surface area contributed by atoms with Gasteiger partial charge in [-0.1, -0.05) is 18.2 Å². The number of thiophene rings is 1. The second-order valence-electron chi connectivity index (χ2n) is 3.69. The van der Waals surface area contributed by atoms with Gasteiger partial charge in [-0.3, -0.25) is 0 Å². The van der Waals surface area contributed by atoms with E-state index in [9.17, 15) is 0 Å². The van der Waals surface area contributed by atoms with Gasteiger partial charge in [-0.15, -0.1) is 11.3 Å². The Morgan fingerprint density at radius 2 is 2.00 bits per heavy atom. The number of ether oxygens (including phenoxy) is 1. The van der Waals surface area contributed by atoms with Gasteiger partial charge in [0.2, 0.25) is 0 Å². The highest BCUT2D eigenvalue weighted by molar-refractivity contribution is 7.10. The van der Waals surface area contributed by atoms with Crippen LogP contribution in [0.3, 0.4) is 0 Å². The maximum absolute atomic E-state index is 6.27. The van der Waals surface area contributed by atoms with Crippen molar-refractivity contribution < 1.29 is 4.74 Å². The fraction of sp³-hybridized carbons (Fsp3) is 0.231. The number of para-hydroxylation sites is 1. The van der Waals surface area contributed by atoms with Gasteiger partial charge in [0.1, 0.15) is 5.75 Å². The van der Waals surface area contributed by atoms with Crippen LogP contribution < -0.4 is 10.5 Å². The first kappa shape index (κ1) is 11.2. The van der Waals surface area contributed by atoms with Crippen molar-refractivity contribution in [3.8, 4) is 5.75 Å². The van der Waals surface area contributed by atoms with Crippen LogP contribution in [0.5, 0.6) is 5.75 Å². The van der Waals surface area contributed by atoms with Crippen molar-refractivity contribution in [1.82, 2.24) is 0 Å². The Hall–Kier alpha value is -1.32. The van der Waals surface area contributed by atoms with Gasteiger partial charge in [-0.25, -0.2) is 0 Å². The lowest BCUT2D eigenvalue weighted by Crippen LogP contribution is -2.12. The van der Waals surface area contributed by atoms with Crippen LogP contribution in [0.2, 0.25) is 0 Å². The van der Waals surface area contributed by atoms with Crippen LogP contribution >= 0.6 is 11.3 Å². The molecule has 0 spiro atoms. The number of aryl methyl sites for hydroxylation is 1. The lowest BCUT2D eigenvalue weighted by Gasteiger charge is -2.15. The Morgan fingerprint density at radius 1 is 1.25 bits per heavy atom. The lowest BCUT2D eigenvalue weighted by atomic mass is 10.0. The van der Waals surface area contributed by atoms with Gasteiger partial charge in [0.15, 0.2) is 0 Å². The summed E-state index contributed by atoms with van der Waals surface area (Å²) in [5.74, 6) is 0.850. The average molecular weight is 233 g/mol. The summed E-state index contributed by atoms with van der Waals surface area (Å²) in [6.07, 6.45) is 0. The molecule has 0 bridgehead atoms. The van der Waals surface area contributed by atoms with Crippen molar-refractivity contribution >= 4 is 11.3 Å². The van der Waals surface area contributed by atoms with E-state index < -0.39 is 0 Å². The molecule has 16 heavy (non-hydrogen) atoms. The minimum Gasteiger partial charge on any atom is -0.496 e. The van der Waals surface area contributed by atoms with Crippen molar-refractivity contribution in [2.75, 3.05) is 7.11 Å². The molecule has 1 unspecified atom stereocenters. The SMILES string of the molecule is COc1ccccc1C(N)c1sccc1C. The quantitative estimate of drug-likeness (QED) is 0.884. The van der Waals surface area contributed by atoms with Crippen molar-refractivity contribution in [3.63, 3.8) is 0 Å². The molecule has 3 heteroatoms. The third kappa shape index (κ3) is 1.96. The first-order valence-electron chi connectivity index (χ1n) is 5.16. The molecule has 1 aromatic carbocycles. The van der Waals surface area contributed by atoms with Gasteiger partial charge >= 0.3 is 0 Å². The Bertz CT molecular complexity index is 478. The average Bonchev–Trinajstić information content (AvgIpc) is 2.74. The predicted molar refractivity (Wildman–Crippen MR) is 68.1 cm³/mol. The highest BCUT2D eigenvalue weighted by Gasteiger charge is 2.16. The molecule has 0 aliphatic rings. The van der Waals surface area contributed by atoms with E-state index in [-0.39, 0.29) is 6.04 Å². The van der Waals surface area contributed by atoms with Gasteiger partial charge in [-0.2, -0.15) is 0 Å². The Morgan fingerprint density at radius 3 is 2.62 bits per heavy atom. The van der Waals surface area contributed by atoms with Crippen LogP contribution in [-0.4, -0.2) is 7.11 Å². The Labute approximate surface area is 99.7 Å². The zero-order valence-corrected chi connectivity index (χ0v) is 10.3. The second-order valence-corrected chi connectivity index (χ2v) is 4.64. The molecule has 2 rings (SSSR count). The molecular weight excluding hydrogens is 218 g/mol. The van der Waals surface area contributed by atoms with Crippen molar-refractivity contribution in [2.24, 2.45) is 5.73 Å². The van der Waals surface area contributed by atoms with E-state index in [0.29, 0.717) is 0 Å². The van der Waals surface area contributed by atoms with Gasteiger partial charge in [0, 0.05) is 10.4 Å². The van der Waals surface area contributed by atoms with E-state index in [1.165, 1.54) is 10.4 Å². The van der Waals surface area contributed by atoms with E-state index >= 15 is 0 Å². The monoisotopic (exact) mass is 233 g/mol. The highest BCUT2D eigenvalue weighted by Crippen LogP contribution is 2.32. The Kier molecular flexibility index (Phi) is 3.27. The van der Waals surface area contributed by atoms with E-state index in [2.05, 4.69) is 18.4 Å². The fourth-order valence-electron chi connectivity index (χ4n) is 1.77. The summed E-state index contributed by atoms with van der Waals surface area (Å²) in [5, 5.41) is 2.07. The van der Waals surface area contributed by atoms with Crippen molar-refractivity contribution in [2.45, 2.75) is 13.0 Å². The molecule has 1 aromatic heterocycles. The van der Waals surface area contributed by atoms with E-state index in [1.54, 1.807) is 18.4 Å². The third-order valence-electron chi connectivity index (χ3n) is 2.66. The maximum Gasteiger partial charge on any atom is 0.124 e. The maximum atomic E-state index is 6.27. The minimum atomic E-state index is -0.101. The summed E-state index contributed by atoms with van der Waals surface area (Å²) in [6.45, 7) is 2.08. The van der Waals surface area contributed by atoms with Gasteiger partial charge in [0.05, 0.1) is 13.2 Å². The number of hydrogen-bond acceptors (Lipinski definition) is 3. The first-order valence-corrected chi connectivity index (χ1v) is 6.04. The summed E-state index contributed by atoms with van der Waals surface area (Å²) in [6, 6.07) is 9.89. The Balaban J connectivity index is 2.41. The van der Waals surface area contributed by atoms with E-state index in [1.807, 2.05) is 24.3 Å². The highest BCUT2D eigenvalue weighted by atomic mass is 32.1. The molecular formula is C13H15NOS. The lowest BCUT2D eigenvalue weighted by molar-refractivity contribution is 0.408. The van der Waals surface area contributed by atoms with Crippen LogP contribution in [0.4, 0.5) is 0 Å². The van der Waals surface area contributed by atoms with Crippen LogP contribution in [0.1, 0.15) is 22.0 Å². The summed E-state index contributed by atoms with van der Waals surface area (Å²) in [5.41, 5.74) is 8.55. The summed E-state index contributed by atoms with van der Waals surface area (Å²) in [7, 11) is 1.67. The zero-order valence-electron chi connectivity index (χ0n) is 9.44. The van der Waals surface area contributed by atoms with Crippen LogP contribution in [-0.2, 0) is 0 Å². The van der Waals surface area contributed by atoms with Crippen LogP contribution in [0.25, 0.3) is 0 Å². The van der Waals surface area contributed by atoms with Crippen LogP contribution in [0, 0.1) is 6.92 Å². The minimum absolute atomic E-state index is 0.101.